The largest absolute Gasteiger partial charge is 0.573 e. The molecule has 0 heterocycles. The third-order valence-electron chi connectivity index (χ3n) is 3.31. The summed E-state index contributed by atoms with van der Waals surface area (Å²) in [4.78, 5) is 6.10. The van der Waals surface area contributed by atoms with Gasteiger partial charge in [0.05, 0.1) is 0 Å². The fraction of sp³-hybridized carbons (Fsp3) is 0.500. The molecule has 0 unspecified atom stereocenters. The third kappa shape index (κ3) is 5.90. The maximum Gasteiger partial charge on any atom is 0.573 e. The standard InChI is InChI=1S/C14H18F3N3O.HI/c1-20(11-6-7-11)13(18)19-9-8-10-4-2-3-5-12(10)21-14(15,16)17;/h2-5,11H,6-9H2,1H3,(H2,18,19);1H. The lowest BCUT2D eigenvalue weighted by Crippen LogP contribution is -2.35. The second-order valence-electron chi connectivity index (χ2n) is 4.99. The molecular weight excluding hydrogens is 410 g/mol. The van der Waals surface area contributed by atoms with Crippen molar-refractivity contribution in [2.75, 3.05) is 13.6 Å². The van der Waals surface area contributed by atoms with Gasteiger partial charge in [0, 0.05) is 19.6 Å². The normalized spacial score (nSPS) is 15.2. The summed E-state index contributed by atoms with van der Waals surface area (Å²) in [6.45, 7) is 0.321. The van der Waals surface area contributed by atoms with Crippen LogP contribution in [0.2, 0.25) is 0 Å². The molecule has 0 aliphatic heterocycles. The molecule has 1 aromatic rings. The number of aliphatic imine (C=N–C) groups is 1. The topological polar surface area (TPSA) is 50.8 Å². The molecule has 1 saturated carbocycles. The molecule has 0 amide bonds. The second-order valence-corrected chi connectivity index (χ2v) is 4.99. The van der Waals surface area contributed by atoms with Crippen LogP contribution < -0.4 is 10.5 Å². The minimum Gasteiger partial charge on any atom is -0.406 e. The molecule has 0 aromatic heterocycles. The predicted molar refractivity (Wildman–Crippen MR) is 89.5 cm³/mol. The van der Waals surface area contributed by atoms with Crippen molar-refractivity contribution < 1.29 is 17.9 Å². The molecule has 1 aromatic carbocycles. The summed E-state index contributed by atoms with van der Waals surface area (Å²) < 4.78 is 40.9. The Bertz CT molecular complexity index is 518. The van der Waals surface area contributed by atoms with Gasteiger partial charge in [0.25, 0.3) is 0 Å². The van der Waals surface area contributed by atoms with Crippen molar-refractivity contribution in [3.63, 3.8) is 0 Å². The van der Waals surface area contributed by atoms with Gasteiger partial charge in [-0.3, -0.25) is 4.99 Å². The Kier molecular flexibility index (Phi) is 6.76. The summed E-state index contributed by atoms with van der Waals surface area (Å²) in [5.74, 6) is 0.237. The monoisotopic (exact) mass is 429 g/mol. The maximum atomic E-state index is 12.3. The lowest BCUT2D eigenvalue weighted by atomic mass is 10.1. The smallest absolute Gasteiger partial charge is 0.406 e. The lowest BCUT2D eigenvalue weighted by molar-refractivity contribution is -0.274. The van der Waals surface area contributed by atoms with Crippen molar-refractivity contribution in [3.8, 4) is 5.75 Å². The summed E-state index contributed by atoms with van der Waals surface area (Å²) >= 11 is 0. The van der Waals surface area contributed by atoms with Crippen LogP contribution in [0.3, 0.4) is 0 Å². The molecule has 2 rings (SSSR count). The van der Waals surface area contributed by atoms with E-state index in [-0.39, 0.29) is 29.7 Å². The molecule has 1 aliphatic rings. The van der Waals surface area contributed by atoms with E-state index >= 15 is 0 Å². The van der Waals surface area contributed by atoms with E-state index in [0.717, 1.165) is 12.8 Å². The van der Waals surface area contributed by atoms with Gasteiger partial charge in [-0.15, -0.1) is 37.1 Å². The van der Waals surface area contributed by atoms with Crippen LogP contribution in [0.1, 0.15) is 18.4 Å². The molecule has 4 nitrogen and oxygen atoms in total. The van der Waals surface area contributed by atoms with Crippen molar-refractivity contribution in [1.82, 2.24) is 4.90 Å². The van der Waals surface area contributed by atoms with Gasteiger partial charge >= 0.3 is 6.36 Å². The number of ether oxygens (including phenoxy) is 1. The third-order valence-corrected chi connectivity index (χ3v) is 3.31. The van der Waals surface area contributed by atoms with Gasteiger partial charge < -0.3 is 15.4 Å². The van der Waals surface area contributed by atoms with Crippen molar-refractivity contribution in [1.29, 1.82) is 0 Å². The zero-order valence-corrected chi connectivity index (χ0v) is 14.5. The average Bonchev–Trinajstić information content (AvgIpc) is 3.22. The number of para-hydroxylation sites is 1. The molecule has 2 N–H and O–H groups in total. The first kappa shape index (κ1) is 18.9. The Balaban J connectivity index is 0.00000242. The molecule has 0 bridgehead atoms. The van der Waals surface area contributed by atoms with Gasteiger partial charge in [-0.25, -0.2) is 0 Å². The van der Waals surface area contributed by atoms with Crippen LogP contribution in [0.5, 0.6) is 5.75 Å². The van der Waals surface area contributed by atoms with E-state index in [1.165, 1.54) is 12.1 Å². The molecule has 22 heavy (non-hydrogen) atoms. The van der Waals surface area contributed by atoms with E-state index in [1.54, 1.807) is 12.1 Å². The number of hydrogen-bond acceptors (Lipinski definition) is 2. The molecule has 1 aliphatic carbocycles. The number of rotatable bonds is 5. The van der Waals surface area contributed by atoms with E-state index in [4.69, 9.17) is 5.73 Å². The van der Waals surface area contributed by atoms with Crippen LogP contribution in [-0.4, -0.2) is 36.9 Å². The highest BCUT2D eigenvalue weighted by Crippen LogP contribution is 2.27. The van der Waals surface area contributed by atoms with Crippen molar-refractivity contribution >= 4 is 29.9 Å². The Labute approximate surface area is 144 Å². The summed E-state index contributed by atoms with van der Waals surface area (Å²) in [6.07, 6.45) is -2.14. The molecule has 124 valence electrons. The Morgan fingerprint density at radius 2 is 2.00 bits per heavy atom. The summed E-state index contributed by atoms with van der Waals surface area (Å²) in [7, 11) is 1.87. The second kappa shape index (κ2) is 7.89. The zero-order chi connectivity index (χ0) is 15.5. The quantitative estimate of drug-likeness (QED) is 0.445. The van der Waals surface area contributed by atoms with Gasteiger partial charge in [-0.2, -0.15) is 0 Å². The van der Waals surface area contributed by atoms with E-state index < -0.39 is 6.36 Å². The Morgan fingerprint density at radius 3 is 2.59 bits per heavy atom. The highest BCUT2D eigenvalue weighted by atomic mass is 127. The van der Waals surface area contributed by atoms with Gasteiger partial charge in [-0.05, 0) is 30.9 Å². The number of benzene rings is 1. The first-order chi connectivity index (χ1) is 9.87. The first-order valence-corrected chi connectivity index (χ1v) is 6.73. The molecule has 0 atom stereocenters. The van der Waals surface area contributed by atoms with E-state index in [0.29, 0.717) is 30.5 Å². The molecular formula is C14H19F3IN3O. The van der Waals surface area contributed by atoms with E-state index in [9.17, 15) is 13.2 Å². The van der Waals surface area contributed by atoms with Crippen LogP contribution in [0.25, 0.3) is 0 Å². The molecule has 0 spiro atoms. The number of nitrogens with two attached hydrogens (primary N) is 1. The van der Waals surface area contributed by atoms with Gasteiger partial charge in [0.2, 0.25) is 0 Å². The number of hydrogen-bond donors (Lipinski definition) is 1. The van der Waals surface area contributed by atoms with Crippen LogP contribution in [0, 0.1) is 0 Å². The van der Waals surface area contributed by atoms with Gasteiger partial charge in [0.1, 0.15) is 5.75 Å². The van der Waals surface area contributed by atoms with Crippen LogP contribution >= 0.6 is 24.0 Å². The van der Waals surface area contributed by atoms with Crippen molar-refractivity contribution in [2.45, 2.75) is 31.7 Å². The highest BCUT2D eigenvalue weighted by Gasteiger charge is 2.32. The van der Waals surface area contributed by atoms with Gasteiger partial charge in [0.15, 0.2) is 5.96 Å². The fourth-order valence-electron chi connectivity index (χ4n) is 1.99. The van der Waals surface area contributed by atoms with Crippen molar-refractivity contribution in [2.24, 2.45) is 10.7 Å². The molecule has 8 heteroatoms. The highest BCUT2D eigenvalue weighted by molar-refractivity contribution is 14.0. The number of guanidine groups is 1. The summed E-state index contributed by atoms with van der Waals surface area (Å²) in [6, 6.07) is 6.52. The average molecular weight is 429 g/mol. The van der Waals surface area contributed by atoms with Crippen LogP contribution in [0.4, 0.5) is 13.2 Å². The molecule has 1 fully saturated rings. The summed E-state index contributed by atoms with van der Waals surface area (Å²) in [5, 5.41) is 0. The summed E-state index contributed by atoms with van der Waals surface area (Å²) in [5.41, 5.74) is 6.29. The zero-order valence-electron chi connectivity index (χ0n) is 12.1. The first-order valence-electron chi connectivity index (χ1n) is 6.73. The molecule has 0 saturated heterocycles. The maximum absolute atomic E-state index is 12.3. The van der Waals surface area contributed by atoms with Crippen LogP contribution in [-0.2, 0) is 6.42 Å². The minimum absolute atomic E-state index is 0. The number of alkyl halides is 3. The minimum atomic E-state index is -4.69. The SMILES string of the molecule is CN(C(N)=NCCc1ccccc1OC(F)(F)F)C1CC1.I. The Hall–Kier alpha value is -1.19. The number of nitrogens with zero attached hydrogens (tertiary/aromatic N) is 2. The number of halogens is 4. The molecule has 0 radical (unpaired) electrons. The Morgan fingerprint density at radius 1 is 1.36 bits per heavy atom. The fourth-order valence-corrected chi connectivity index (χ4v) is 1.99. The van der Waals surface area contributed by atoms with Crippen LogP contribution in [0.15, 0.2) is 29.3 Å². The van der Waals surface area contributed by atoms with Gasteiger partial charge in [-0.1, -0.05) is 18.2 Å². The van der Waals surface area contributed by atoms with Crippen molar-refractivity contribution in [3.05, 3.63) is 29.8 Å². The predicted octanol–water partition coefficient (Wildman–Crippen LogP) is 3.15. The lowest BCUT2D eigenvalue weighted by Gasteiger charge is -2.17. The van der Waals surface area contributed by atoms with E-state index in [2.05, 4.69) is 9.73 Å². The van der Waals surface area contributed by atoms with E-state index in [1.807, 2.05) is 11.9 Å².